The standard InChI is InChI=1S/C17H20N4O2/c22-16(19-14-7-4-10-18-11-14)12-21-17(23)9-8-15(20-21)13-5-2-1-3-6-13/h1-3,5-6,8-9,14,18H,4,7,10-12H2,(H,19,22)/t14-/m0/s1. The summed E-state index contributed by atoms with van der Waals surface area (Å²) in [4.78, 5) is 24.1. The van der Waals surface area contributed by atoms with E-state index in [1.165, 1.54) is 10.7 Å². The van der Waals surface area contributed by atoms with Gasteiger partial charge >= 0.3 is 0 Å². The van der Waals surface area contributed by atoms with Crippen molar-refractivity contribution in [3.05, 3.63) is 52.8 Å². The summed E-state index contributed by atoms with van der Waals surface area (Å²) < 4.78 is 1.22. The Morgan fingerprint density at radius 3 is 2.83 bits per heavy atom. The number of rotatable bonds is 4. The fourth-order valence-electron chi connectivity index (χ4n) is 2.71. The Morgan fingerprint density at radius 2 is 2.09 bits per heavy atom. The number of nitrogens with zero attached hydrogens (tertiary/aromatic N) is 2. The molecular weight excluding hydrogens is 292 g/mol. The van der Waals surface area contributed by atoms with Gasteiger partial charge in [-0.3, -0.25) is 9.59 Å². The number of hydrogen-bond donors (Lipinski definition) is 2. The maximum atomic E-state index is 12.1. The van der Waals surface area contributed by atoms with E-state index in [4.69, 9.17) is 0 Å². The average Bonchev–Trinajstić information content (AvgIpc) is 2.58. The number of carbonyl (C=O) groups excluding carboxylic acids is 1. The van der Waals surface area contributed by atoms with Crippen molar-refractivity contribution in [1.82, 2.24) is 20.4 Å². The van der Waals surface area contributed by atoms with Crippen LogP contribution >= 0.6 is 0 Å². The van der Waals surface area contributed by atoms with Gasteiger partial charge in [-0.1, -0.05) is 30.3 Å². The molecule has 2 heterocycles. The third kappa shape index (κ3) is 4.04. The zero-order valence-corrected chi connectivity index (χ0v) is 12.9. The molecule has 0 bridgehead atoms. The molecule has 6 nitrogen and oxygen atoms in total. The van der Waals surface area contributed by atoms with Crippen molar-refractivity contribution < 1.29 is 4.79 Å². The van der Waals surface area contributed by atoms with Gasteiger partial charge in [0.25, 0.3) is 5.56 Å². The minimum Gasteiger partial charge on any atom is -0.350 e. The highest BCUT2D eigenvalue weighted by atomic mass is 16.2. The monoisotopic (exact) mass is 312 g/mol. The molecule has 0 spiro atoms. The van der Waals surface area contributed by atoms with Crippen LogP contribution in [-0.4, -0.2) is 34.8 Å². The van der Waals surface area contributed by atoms with Crippen LogP contribution in [0.4, 0.5) is 0 Å². The number of carbonyl (C=O) groups is 1. The summed E-state index contributed by atoms with van der Waals surface area (Å²) in [5.41, 5.74) is 1.32. The van der Waals surface area contributed by atoms with Crippen LogP contribution in [0.1, 0.15) is 12.8 Å². The van der Waals surface area contributed by atoms with E-state index in [1.807, 2.05) is 30.3 Å². The highest BCUT2D eigenvalue weighted by Crippen LogP contribution is 2.13. The molecular formula is C17H20N4O2. The third-order valence-electron chi connectivity index (χ3n) is 3.89. The van der Waals surface area contributed by atoms with E-state index in [-0.39, 0.29) is 24.1 Å². The molecule has 1 fully saturated rings. The number of aromatic nitrogens is 2. The van der Waals surface area contributed by atoms with Crippen LogP contribution in [0.5, 0.6) is 0 Å². The molecule has 2 aromatic rings. The van der Waals surface area contributed by atoms with Crippen molar-refractivity contribution >= 4 is 5.91 Å². The Labute approximate surface area is 134 Å². The molecule has 2 N–H and O–H groups in total. The Bertz CT molecular complexity index is 721. The second kappa shape index (κ2) is 7.19. The lowest BCUT2D eigenvalue weighted by Crippen LogP contribution is -2.47. The molecule has 3 rings (SSSR count). The number of piperidine rings is 1. The molecule has 0 unspecified atom stereocenters. The maximum absolute atomic E-state index is 12.1. The molecule has 1 aromatic heterocycles. The molecule has 23 heavy (non-hydrogen) atoms. The summed E-state index contributed by atoms with van der Waals surface area (Å²) in [6.45, 7) is 1.71. The molecule has 0 saturated carbocycles. The first kappa shape index (κ1) is 15.4. The molecule has 1 amide bonds. The quantitative estimate of drug-likeness (QED) is 0.875. The minimum absolute atomic E-state index is 0.0595. The minimum atomic E-state index is -0.276. The van der Waals surface area contributed by atoms with Gasteiger partial charge in [0.2, 0.25) is 5.91 Å². The van der Waals surface area contributed by atoms with Gasteiger partial charge < -0.3 is 10.6 Å². The lowest BCUT2D eigenvalue weighted by Gasteiger charge is -2.23. The molecule has 1 atom stereocenters. The maximum Gasteiger partial charge on any atom is 0.267 e. The van der Waals surface area contributed by atoms with E-state index in [9.17, 15) is 9.59 Å². The summed E-state index contributed by atoms with van der Waals surface area (Å²) >= 11 is 0. The smallest absolute Gasteiger partial charge is 0.267 e. The fourth-order valence-corrected chi connectivity index (χ4v) is 2.71. The summed E-state index contributed by atoms with van der Waals surface area (Å²) in [6.07, 6.45) is 2.01. The largest absolute Gasteiger partial charge is 0.350 e. The molecule has 1 aliphatic rings. The van der Waals surface area contributed by atoms with Crippen molar-refractivity contribution in [2.24, 2.45) is 0 Å². The summed E-state index contributed by atoms with van der Waals surface area (Å²) in [7, 11) is 0. The van der Waals surface area contributed by atoms with Crippen molar-refractivity contribution in [3.63, 3.8) is 0 Å². The second-order valence-corrected chi connectivity index (χ2v) is 5.69. The summed E-state index contributed by atoms with van der Waals surface area (Å²) in [6, 6.07) is 12.8. The first-order valence-corrected chi connectivity index (χ1v) is 7.86. The zero-order valence-electron chi connectivity index (χ0n) is 12.9. The summed E-state index contributed by atoms with van der Waals surface area (Å²) in [5.74, 6) is -0.182. The molecule has 0 radical (unpaired) electrons. The van der Waals surface area contributed by atoms with Crippen LogP contribution in [0.25, 0.3) is 11.3 Å². The van der Waals surface area contributed by atoms with Crippen LogP contribution in [0.2, 0.25) is 0 Å². The molecule has 120 valence electrons. The molecule has 6 heteroatoms. The Hall–Kier alpha value is -2.47. The van der Waals surface area contributed by atoms with Gasteiger partial charge in [-0.05, 0) is 25.5 Å². The molecule has 1 aromatic carbocycles. The number of nitrogens with one attached hydrogen (secondary N) is 2. The number of amides is 1. The lowest BCUT2D eigenvalue weighted by atomic mass is 10.1. The summed E-state index contributed by atoms with van der Waals surface area (Å²) in [5, 5.41) is 10.5. The van der Waals surface area contributed by atoms with Crippen LogP contribution in [-0.2, 0) is 11.3 Å². The van der Waals surface area contributed by atoms with Crippen molar-refractivity contribution in [2.75, 3.05) is 13.1 Å². The molecule has 1 saturated heterocycles. The highest BCUT2D eigenvalue weighted by Gasteiger charge is 2.16. The van der Waals surface area contributed by atoms with E-state index >= 15 is 0 Å². The predicted molar refractivity (Wildman–Crippen MR) is 88.0 cm³/mol. The van der Waals surface area contributed by atoms with Crippen LogP contribution in [0, 0.1) is 0 Å². The first-order chi connectivity index (χ1) is 11.2. The first-order valence-electron chi connectivity index (χ1n) is 7.86. The highest BCUT2D eigenvalue weighted by molar-refractivity contribution is 5.76. The van der Waals surface area contributed by atoms with Gasteiger partial charge in [0, 0.05) is 24.2 Å². The van der Waals surface area contributed by atoms with E-state index in [0.717, 1.165) is 31.5 Å². The van der Waals surface area contributed by atoms with Gasteiger partial charge in [-0.15, -0.1) is 0 Å². The average molecular weight is 312 g/mol. The van der Waals surface area contributed by atoms with Crippen LogP contribution in [0.15, 0.2) is 47.3 Å². The fraction of sp³-hybridized carbons (Fsp3) is 0.353. The van der Waals surface area contributed by atoms with E-state index < -0.39 is 0 Å². The van der Waals surface area contributed by atoms with E-state index in [1.54, 1.807) is 6.07 Å². The lowest BCUT2D eigenvalue weighted by molar-refractivity contribution is -0.122. The van der Waals surface area contributed by atoms with Crippen molar-refractivity contribution in [1.29, 1.82) is 0 Å². The Morgan fingerprint density at radius 1 is 1.26 bits per heavy atom. The van der Waals surface area contributed by atoms with Crippen molar-refractivity contribution in [3.8, 4) is 11.3 Å². The molecule has 0 aliphatic carbocycles. The van der Waals surface area contributed by atoms with Gasteiger partial charge in [0.1, 0.15) is 6.54 Å². The van der Waals surface area contributed by atoms with Gasteiger partial charge in [-0.2, -0.15) is 5.10 Å². The van der Waals surface area contributed by atoms with Gasteiger partial charge in [0.05, 0.1) is 5.69 Å². The molecule has 1 aliphatic heterocycles. The van der Waals surface area contributed by atoms with Crippen LogP contribution in [0.3, 0.4) is 0 Å². The number of hydrogen-bond acceptors (Lipinski definition) is 4. The topological polar surface area (TPSA) is 76.0 Å². The van der Waals surface area contributed by atoms with Gasteiger partial charge in [0.15, 0.2) is 0 Å². The van der Waals surface area contributed by atoms with Crippen LogP contribution < -0.4 is 16.2 Å². The van der Waals surface area contributed by atoms with Crippen molar-refractivity contribution in [2.45, 2.75) is 25.4 Å². The zero-order chi connectivity index (χ0) is 16.1. The predicted octanol–water partition coefficient (Wildman–Crippen LogP) is 0.778. The van der Waals surface area contributed by atoms with E-state index in [2.05, 4.69) is 15.7 Å². The number of benzene rings is 1. The third-order valence-corrected chi connectivity index (χ3v) is 3.89. The Kier molecular flexibility index (Phi) is 4.83. The van der Waals surface area contributed by atoms with Gasteiger partial charge in [-0.25, -0.2) is 4.68 Å². The van der Waals surface area contributed by atoms with E-state index in [0.29, 0.717) is 5.69 Å². The SMILES string of the molecule is O=C(Cn1nc(-c2ccccc2)ccc1=O)N[C@H]1CCCNC1. The second-order valence-electron chi connectivity index (χ2n) is 5.69. The Balaban J connectivity index is 1.72. The normalized spacial score (nSPS) is 17.7.